The lowest BCUT2D eigenvalue weighted by atomic mass is 10.0. The Kier molecular flexibility index (Phi) is 6.28. The fraction of sp³-hybridized carbons (Fsp3) is 0.154. The van der Waals surface area contributed by atoms with Crippen LogP contribution in [0.5, 0.6) is 0 Å². The second-order valence-corrected chi connectivity index (χ2v) is 8.06. The molecule has 0 aliphatic rings. The number of benzene rings is 3. The molecule has 0 bridgehead atoms. The zero-order valence-electron chi connectivity index (χ0n) is 17.8. The van der Waals surface area contributed by atoms with E-state index in [2.05, 4.69) is 9.88 Å². The van der Waals surface area contributed by atoms with E-state index < -0.39 is 0 Å². The molecule has 3 aromatic carbocycles. The fourth-order valence-corrected chi connectivity index (χ4v) is 3.87. The van der Waals surface area contributed by atoms with E-state index in [-0.39, 0.29) is 17.9 Å². The first kappa shape index (κ1) is 21.7. The van der Waals surface area contributed by atoms with Crippen molar-refractivity contribution in [1.82, 2.24) is 9.88 Å². The molecular weight excluding hydrogens is 424 g/mol. The molecule has 6 heteroatoms. The van der Waals surface area contributed by atoms with Gasteiger partial charge in [-0.3, -0.25) is 4.79 Å². The van der Waals surface area contributed by atoms with Crippen LogP contribution in [0.25, 0.3) is 10.9 Å². The molecule has 32 heavy (non-hydrogen) atoms. The highest BCUT2D eigenvalue weighted by atomic mass is 35.5. The van der Waals surface area contributed by atoms with E-state index in [9.17, 15) is 9.59 Å². The van der Waals surface area contributed by atoms with Crippen LogP contribution >= 0.6 is 11.6 Å². The van der Waals surface area contributed by atoms with Crippen LogP contribution in [0.1, 0.15) is 44.8 Å². The van der Waals surface area contributed by atoms with Crippen molar-refractivity contribution in [1.29, 1.82) is 0 Å². The molecule has 0 fully saturated rings. The van der Waals surface area contributed by atoms with Crippen LogP contribution in [-0.4, -0.2) is 23.6 Å². The number of hydrogen-bond donors (Lipinski definition) is 1. The number of hydrogen-bond acceptors (Lipinski definition) is 3. The molecule has 0 saturated carbocycles. The largest absolute Gasteiger partial charge is 0.465 e. The summed E-state index contributed by atoms with van der Waals surface area (Å²) in [7, 11) is 1.35. The molecule has 4 aromatic rings. The van der Waals surface area contributed by atoms with E-state index in [1.807, 2.05) is 73.8 Å². The van der Waals surface area contributed by atoms with Crippen molar-refractivity contribution in [2.45, 2.75) is 19.5 Å². The maximum Gasteiger partial charge on any atom is 0.337 e. The Morgan fingerprint density at radius 1 is 1.00 bits per heavy atom. The first-order chi connectivity index (χ1) is 15.5. The van der Waals surface area contributed by atoms with Gasteiger partial charge in [-0.2, -0.15) is 0 Å². The summed E-state index contributed by atoms with van der Waals surface area (Å²) < 4.78 is 6.81. The molecule has 1 heterocycles. The smallest absolute Gasteiger partial charge is 0.337 e. The summed E-state index contributed by atoms with van der Waals surface area (Å²) in [5.41, 5.74) is 3.96. The summed E-state index contributed by atoms with van der Waals surface area (Å²) in [5, 5.41) is 4.77. The summed E-state index contributed by atoms with van der Waals surface area (Å²) in [4.78, 5) is 24.8. The number of methoxy groups -OCH3 is 1. The normalized spacial score (nSPS) is 11.8. The van der Waals surface area contributed by atoms with Gasteiger partial charge in [0.15, 0.2) is 0 Å². The van der Waals surface area contributed by atoms with Crippen LogP contribution in [0.15, 0.2) is 79.0 Å². The van der Waals surface area contributed by atoms with Gasteiger partial charge in [0.25, 0.3) is 5.91 Å². The van der Waals surface area contributed by atoms with E-state index >= 15 is 0 Å². The number of ether oxygens (including phenoxy) is 1. The number of esters is 1. The van der Waals surface area contributed by atoms with Crippen molar-refractivity contribution >= 4 is 34.4 Å². The van der Waals surface area contributed by atoms with Crippen molar-refractivity contribution in [2.24, 2.45) is 0 Å². The summed E-state index contributed by atoms with van der Waals surface area (Å²) in [6.45, 7) is 2.55. The molecule has 0 aliphatic carbocycles. The maximum atomic E-state index is 13.2. The molecule has 162 valence electrons. The molecular formula is C26H23ClN2O3. The number of nitrogens with one attached hydrogen (secondary N) is 1. The Hall–Kier alpha value is -3.57. The number of carbonyl (C=O) groups is 2. The molecule has 0 spiro atoms. The lowest BCUT2D eigenvalue weighted by molar-refractivity contribution is 0.0600. The first-order valence-electron chi connectivity index (χ1n) is 10.3. The van der Waals surface area contributed by atoms with Crippen LogP contribution in [0, 0.1) is 0 Å². The number of carbonyl (C=O) groups excluding carboxylic acids is 2. The third-order valence-corrected chi connectivity index (χ3v) is 5.73. The van der Waals surface area contributed by atoms with Gasteiger partial charge in [0.1, 0.15) is 0 Å². The lowest BCUT2D eigenvalue weighted by Gasteiger charge is -2.16. The highest BCUT2D eigenvalue weighted by molar-refractivity contribution is 6.30. The number of nitrogens with zero attached hydrogens (tertiary/aromatic N) is 1. The van der Waals surface area contributed by atoms with Gasteiger partial charge in [0, 0.05) is 23.2 Å². The highest BCUT2D eigenvalue weighted by Gasteiger charge is 2.17. The molecule has 1 amide bonds. The van der Waals surface area contributed by atoms with Gasteiger partial charge >= 0.3 is 5.97 Å². The van der Waals surface area contributed by atoms with Crippen molar-refractivity contribution in [2.75, 3.05) is 7.11 Å². The summed E-state index contributed by atoms with van der Waals surface area (Å²) in [5.74, 6) is -0.544. The minimum Gasteiger partial charge on any atom is -0.465 e. The highest BCUT2D eigenvalue weighted by Crippen LogP contribution is 2.23. The molecule has 1 N–H and O–H groups in total. The number of para-hydroxylation sites is 1. The molecule has 0 radical (unpaired) electrons. The molecule has 0 saturated heterocycles. The van der Waals surface area contributed by atoms with E-state index in [1.54, 1.807) is 12.1 Å². The predicted molar refractivity (Wildman–Crippen MR) is 126 cm³/mol. The van der Waals surface area contributed by atoms with Crippen LogP contribution in [0.4, 0.5) is 0 Å². The quantitative estimate of drug-likeness (QED) is 0.391. The van der Waals surface area contributed by atoms with Crippen LogP contribution in [0.3, 0.4) is 0 Å². The van der Waals surface area contributed by atoms with Crippen LogP contribution in [0.2, 0.25) is 5.02 Å². The van der Waals surface area contributed by atoms with Gasteiger partial charge in [-0.15, -0.1) is 0 Å². The van der Waals surface area contributed by atoms with Gasteiger partial charge in [-0.05, 0) is 54.4 Å². The molecule has 1 aromatic heterocycles. The molecule has 4 rings (SSSR count). The van der Waals surface area contributed by atoms with Gasteiger partial charge in [-0.25, -0.2) is 4.79 Å². The van der Waals surface area contributed by atoms with Gasteiger partial charge in [0.2, 0.25) is 0 Å². The second-order valence-electron chi connectivity index (χ2n) is 7.62. The Morgan fingerprint density at radius 2 is 1.72 bits per heavy atom. The van der Waals surface area contributed by atoms with E-state index in [0.717, 1.165) is 22.0 Å². The number of rotatable bonds is 6. The standard InChI is InChI=1S/C26H23ClN2O3/c1-17(19-8-10-21(11-9-19)26(31)32-2)28-25(30)23-5-3-4-20-14-15-29(24(20)23)16-18-6-12-22(27)13-7-18/h3-15,17H,16H2,1-2H3,(H,28,30)/t17-/m0/s1. The average molecular weight is 447 g/mol. The minimum atomic E-state index is -0.388. The zero-order valence-corrected chi connectivity index (χ0v) is 18.6. The SMILES string of the molecule is COC(=O)c1ccc([C@H](C)NC(=O)c2cccc3ccn(Cc4ccc(Cl)cc4)c23)cc1. The van der Waals surface area contributed by atoms with Crippen molar-refractivity contribution < 1.29 is 14.3 Å². The minimum absolute atomic E-state index is 0.156. The topological polar surface area (TPSA) is 60.3 Å². The first-order valence-corrected chi connectivity index (χ1v) is 10.7. The molecule has 0 aliphatic heterocycles. The number of fused-ring (bicyclic) bond motifs is 1. The third kappa shape index (κ3) is 4.53. The zero-order chi connectivity index (χ0) is 22.7. The van der Waals surface area contributed by atoms with Crippen molar-refractivity contribution in [3.05, 3.63) is 106 Å². The lowest BCUT2D eigenvalue weighted by Crippen LogP contribution is -2.27. The number of amides is 1. The summed E-state index contributed by atoms with van der Waals surface area (Å²) in [6, 6.07) is 22.2. The Labute approximate surface area is 191 Å². The van der Waals surface area contributed by atoms with Crippen molar-refractivity contribution in [3.8, 4) is 0 Å². The molecule has 5 nitrogen and oxygen atoms in total. The van der Waals surface area contributed by atoms with Gasteiger partial charge in [-0.1, -0.05) is 48.0 Å². The van der Waals surface area contributed by atoms with Crippen LogP contribution in [-0.2, 0) is 11.3 Å². The summed E-state index contributed by atoms with van der Waals surface area (Å²) in [6.07, 6.45) is 1.99. The third-order valence-electron chi connectivity index (χ3n) is 5.48. The van der Waals surface area contributed by atoms with Crippen LogP contribution < -0.4 is 5.32 Å². The Balaban J connectivity index is 1.57. The van der Waals surface area contributed by atoms with E-state index in [1.165, 1.54) is 7.11 Å². The molecule has 0 unspecified atom stereocenters. The average Bonchev–Trinajstić information content (AvgIpc) is 3.23. The predicted octanol–water partition coefficient (Wildman–Crippen LogP) is 5.62. The number of aromatic nitrogens is 1. The monoisotopic (exact) mass is 446 g/mol. The van der Waals surface area contributed by atoms with E-state index in [0.29, 0.717) is 22.7 Å². The number of halogens is 1. The van der Waals surface area contributed by atoms with Crippen molar-refractivity contribution in [3.63, 3.8) is 0 Å². The Morgan fingerprint density at radius 3 is 2.41 bits per heavy atom. The van der Waals surface area contributed by atoms with E-state index in [4.69, 9.17) is 16.3 Å². The van der Waals surface area contributed by atoms with Gasteiger partial charge < -0.3 is 14.6 Å². The fourth-order valence-electron chi connectivity index (χ4n) is 3.75. The van der Waals surface area contributed by atoms with Gasteiger partial charge in [0.05, 0.1) is 29.8 Å². The Bertz CT molecular complexity index is 1260. The second kappa shape index (κ2) is 9.28. The maximum absolute atomic E-state index is 13.2. The summed E-state index contributed by atoms with van der Waals surface area (Å²) >= 11 is 6.00. The molecule has 1 atom stereocenters.